The number of hydrogen-bond acceptors (Lipinski definition) is 3. The number of nitrogens with zero attached hydrogens (tertiary/aromatic N) is 1. The second-order valence-corrected chi connectivity index (χ2v) is 9.63. The first-order valence-corrected chi connectivity index (χ1v) is 11.6. The fourth-order valence-corrected chi connectivity index (χ4v) is 4.05. The van der Waals surface area contributed by atoms with E-state index in [-0.39, 0.29) is 11.3 Å². The van der Waals surface area contributed by atoms with E-state index in [1.807, 2.05) is 61.2 Å². The molecule has 160 valence electrons. The van der Waals surface area contributed by atoms with Gasteiger partial charge in [-0.05, 0) is 46.7 Å². The Morgan fingerprint density at radius 1 is 0.806 bits per heavy atom. The van der Waals surface area contributed by atoms with E-state index < -0.39 is 0 Å². The van der Waals surface area contributed by atoms with Crippen molar-refractivity contribution < 1.29 is 4.79 Å². The highest BCUT2D eigenvalue weighted by atomic mass is 32.2. The number of hydrazone groups is 1. The largest absolute Gasteiger partial charge is 0.271 e. The highest BCUT2D eigenvalue weighted by Gasteiger charge is 2.13. The SMILES string of the molecule is C/C(=N/NC(=O)c1ccc(CSCc2ccccc2)cc1)c1ccc(C(C)(C)C)cc1. The van der Waals surface area contributed by atoms with Gasteiger partial charge in [-0.3, -0.25) is 4.79 Å². The molecular weight excluding hydrogens is 400 g/mol. The monoisotopic (exact) mass is 430 g/mol. The molecule has 3 rings (SSSR count). The molecule has 0 unspecified atom stereocenters. The maximum atomic E-state index is 12.5. The van der Waals surface area contributed by atoms with Gasteiger partial charge in [0.2, 0.25) is 0 Å². The molecule has 0 aliphatic rings. The van der Waals surface area contributed by atoms with Gasteiger partial charge in [-0.15, -0.1) is 0 Å². The number of nitrogens with one attached hydrogen (secondary N) is 1. The van der Waals surface area contributed by atoms with E-state index in [9.17, 15) is 4.79 Å². The number of hydrogen-bond donors (Lipinski definition) is 1. The molecule has 0 bridgehead atoms. The van der Waals surface area contributed by atoms with E-state index in [1.54, 1.807) is 0 Å². The maximum absolute atomic E-state index is 12.5. The van der Waals surface area contributed by atoms with E-state index in [4.69, 9.17) is 0 Å². The Hall–Kier alpha value is -2.85. The molecule has 0 saturated carbocycles. The van der Waals surface area contributed by atoms with Crippen molar-refractivity contribution in [2.75, 3.05) is 0 Å². The minimum atomic E-state index is -0.200. The summed E-state index contributed by atoms with van der Waals surface area (Å²) >= 11 is 1.87. The molecule has 0 saturated heterocycles. The summed E-state index contributed by atoms with van der Waals surface area (Å²) in [5, 5.41) is 4.28. The predicted molar refractivity (Wildman–Crippen MR) is 133 cm³/mol. The van der Waals surface area contributed by atoms with Gasteiger partial charge in [0.25, 0.3) is 5.91 Å². The Morgan fingerprint density at radius 3 is 1.94 bits per heavy atom. The van der Waals surface area contributed by atoms with Gasteiger partial charge >= 0.3 is 0 Å². The van der Waals surface area contributed by atoms with Crippen LogP contribution in [0.5, 0.6) is 0 Å². The van der Waals surface area contributed by atoms with Crippen molar-refractivity contribution in [2.45, 2.75) is 44.6 Å². The van der Waals surface area contributed by atoms with Crippen LogP contribution >= 0.6 is 11.8 Å². The van der Waals surface area contributed by atoms with Crippen molar-refractivity contribution in [3.05, 3.63) is 107 Å². The molecule has 0 fully saturated rings. The summed E-state index contributed by atoms with van der Waals surface area (Å²) in [6.45, 7) is 8.47. The third-order valence-electron chi connectivity index (χ3n) is 5.09. The molecule has 0 aliphatic carbocycles. The fraction of sp³-hybridized carbons (Fsp3) is 0.259. The van der Waals surface area contributed by atoms with E-state index in [0.29, 0.717) is 5.56 Å². The maximum Gasteiger partial charge on any atom is 0.271 e. The first kappa shape index (κ1) is 22.8. The van der Waals surface area contributed by atoms with Crippen molar-refractivity contribution in [3.8, 4) is 0 Å². The normalized spacial score (nSPS) is 11.9. The van der Waals surface area contributed by atoms with Gasteiger partial charge in [0.1, 0.15) is 0 Å². The first-order chi connectivity index (χ1) is 14.8. The summed E-state index contributed by atoms with van der Waals surface area (Å²) in [5.41, 5.74) is 8.97. The van der Waals surface area contributed by atoms with Crippen LogP contribution in [0.1, 0.15) is 60.3 Å². The first-order valence-electron chi connectivity index (χ1n) is 10.5. The second-order valence-electron chi connectivity index (χ2n) is 8.64. The molecule has 3 aromatic carbocycles. The minimum absolute atomic E-state index is 0.115. The Kier molecular flexibility index (Phi) is 7.69. The number of thioether (sulfide) groups is 1. The van der Waals surface area contributed by atoms with Crippen LogP contribution in [0, 0.1) is 0 Å². The summed E-state index contributed by atoms with van der Waals surface area (Å²) in [5.74, 6) is 1.70. The molecule has 0 atom stereocenters. The van der Waals surface area contributed by atoms with Crippen LogP contribution in [-0.4, -0.2) is 11.6 Å². The van der Waals surface area contributed by atoms with Crippen molar-refractivity contribution in [1.29, 1.82) is 0 Å². The average molecular weight is 431 g/mol. The van der Waals surface area contributed by atoms with Gasteiger partial charge < -0.3 is 0 Å². The van der Waals surface area contributed by atoms with Crippen LogP contribution in [0.15, 0.2) is 84.0 Å². The van der Waals surface area contributed by atoms with Crippen LogP contribution < -0.4 is 5.43 Å². The summed E-state index contributed by atoms with van der Waals surface area (Å²) in [6, 6.07) is 26.5. The zero-order chi connectivity index (χ0) is 22.3. The Labute approximate surface area is 190 Å². The highest BCUT2D eigenvalue weighted by Crippen LogP contribution is 2.22. The number of benzene rings is 3. The second kappa shape index (κ2) is 10.5. The van der Waals surface area contributed by atoms with Gasteiger partial charge in [-0.2, -0.15) is 16.9 Å². The predicted octanol–water partition coefficient (Wildman–Crippen LogP) is 6.57. The Balaban J connectivity index is 1.52. The smallest absolute Gasteiger partial charge is 0.267 e. The standard InChI is InChI=1S/C27H30N2OS/c1-20(23-14-16-25(17-15-23)27(2,3)4)28-29-26(30)24-12-10-22(11-13-24)19-31-18-21-8-6-5-7-9-21/h5-17H,18-19H2,1-4H3,(H,29,30)/b28-20-. The van der Waals surface area contributed by atoms with Crippen LogP contribution in [0.3, 0.4) is 0 Å². The third kappa shape index (κ3) is 6.83. The van der Waals surface area contributed by atoms with Crippen LogP contribution in [-0.2, 0) is 16.9 Å². The lowest BCUT2D eigenvalue weighted by atomic mass is 9.86. The van der Waals surface area contributed by atoms with Gasteiger partial charge in [0, 0.05) is 17.1 Å². The Morgan fingerprint density at radius 2 is 1.35 bits per heavy atom. The van der Waals surface area contributed by atoms with Gasteiger partial charge in [-0.1, -0.05) is 87.5 Å². The average Bonchev–Trinajstić information content (AvgIpc) is 2.78. The van der Waals surface area contributed by atoms with Crippen LogP contribution in [0.25, 0.3) is 0 Å². The van der Waals surface area contributed by atoms with E-state index in [2.05, 4.69) is 67.7 Å². The van der Waals surface area contributed by atoms with Crippen LogP contribution in [0.4, 0.5) is 0 Å². The quantitative estimate of drug-likeness (QED) is 0.340. The molecule has 0 aliphatic heterocycles. The number of carbonyl (C=O) groups excluding carboxylic acids is 1. The molecular formula is C27H30N2OS. The van der Waals surface area contributed by atoms with E-state index in [0.717, 1.165) is 22.8 Å². The number of carbonyl (C=O) groups is 1. The van der Waals surface area contributed by atoms with Gasteiger partial charge in [0.05, 0.1) is 5.71 Å². The number of amides is 1. The van der Waals surface area contributed by atoms with E-state index in [1.165, 1.54) is 16.7 Å². The molecule has 1 amide bonds. The summed E-state index contributed by atoms with van der Waals surface area (Å²) in [7, 11) is 0. The molecule has 3 aromatic rings. The molecule has 31 heavy (non-hydrogen) atoms. The molecule has 3 nitrogen and oxygen atoms in total. The van der Waals surface area contributed by atoms with Crippen molar-refractivity contribution in [3.63, 3.8) is 0 Å². The van der Waals surface area contributed by atoms with Crippen molar-refractivity contribution in [1.82, 2.24) is 5.43 Å². The summed E-state index contributed by atoms with van der Waals surface area (Å²) < 4.78 is 0. The molecule has 0 aromatic heterocycles. The van der Waals surface area contributed by atoms with Gasteiger partial charge in [-0.25, -0.2) is 5.43 Å². The summed E-state index contributed by atoms with van der Waals surface area (Å²) in [4.78, 5) is 12.5. The van der Waals surface area contributed by atoms with Crippen LogP contribution in [0.2, 0.25) is 0 Å². The van der Waals surface area contributed by atoms with Crippen molar-refractivity contribution in [2.24, 2.45) is 5.10 Å². The number of rotatable bonds is 7. The van der Waals surface area contributed by atoms with Gasteiger partial charge in [0.15, 0.2) is 0 Å². The lowest BCUT2D eigenvalue weighted by Crippen LogP contribution is -2.19. The molecule has 4 heteroatoms. The minimum Gasteiger partial charge on any atom is -0.267 e. The fourth-order valence-electron chi connectivity index (χ4n) is 3.09. The highest BCUT2D eigenvalue weighted by molar-refractivity contribution is 7.97. The lowest BCUT2D eigenvalue weighted by molar-refractivity contribution is 0.0955. The van der Waals surface area contributed by atoms with E-state index >= 15 is 0 Å². The topological polar surface area (TPSA) is 41.5 Å². The zero-order valence-electron chi connectivity index (χ0n) is 18.7. The molecule has 0 spiro atoms. The Bertz CT molecular complexity index is 1020. The third-order valence-corrected chi connectivity index (χ3v) is 6.17. The zero-order valence-corrected chi connectivity index (χ0v) is 19.5. The van der Waals surface area contributed by atoms with Crippen molar-refractivity contribution >= 4 is 23.4 Å². The molecule has 0 heterocycles. The molecule has 1 N–H and O–H groups in total. The molecule has 0 radical (unpaired) electrons. The summed E-state index contributed by atoms with van der Waals surface area (Å²) in [6.07, 6.45) is 0. The lowest BCUT2D eigenvalue weighted by Gasteiger charge is -2.19.